The Morgan fingerprint density at radius 2 is 2.38 bits per heavy atom. The first-order valence-corrected chi connectivity index (χ1v) is 2.12. The maximum Gasteiger partial charge on any atom is 0.261 e. The lowest BCUT2D eigenvalue weighted by atomic mass is 10.3. The van der Waals surface area contributed by atoms with Gasteiger partial charge in [-0.25, -0.2) is 5.48 Å². The molecule has 0 saturated carbocycles. The lowest BCUT2D eigenvalue weighted by Crippen LogP contribution is -2.44. The summed E-state index contributed by atoms with van der Waals surface area (Å²) in [6.45, 7) is 0.0341. The van der Waals surface area contributed by atoms with Gasteiger partial charge in [0.2, 0.25) is 0 Å². The standard InChI is InChI=1S/C3H9N3O2/c4-1-2(5)3(7)6-8/h2,8H,1,4-5H2,(H,6,7). The molecule has 1 unspecified atom stereocenters. The highest BCUT2D eigenvalue weighted by Crippen LogP contribution is 1.69. The minimum Gasteiger partial charge on any atom is -0.328 e. The van der Waals surface area contributed by atoms with Crippen LogP contribution in [-0.4, -0.2) is 23.7 Å². The van der Waals surface area contributed by atoms with Crippen LogP contribution in [0.4, 0.5) is 0 Å². The molecular weight excluding hydrogens is 110 g/mol. The first-order chi connectivity index (χ1) is 3.72. The van der Waals surface area contributed by atoms with Gasteiger partial charge in [0.25, 0.3) is 5.91 Å². The molecule has 0 rings (SSSR count). The zero-order valence-electron chi connectivity index (χ0n) is 4.29. The molecule has 1 atom stereocenters. The number of carbonyl (C=O) groups excluding carboxylic acids is 1. The summed E-state index contributed by atoms with van der Waals surface area (Å²) in [5.41, 5.74) is 11.4. The molecule has 0 aliphatic carbocycles. The van der Waals surface area contributed by atoms with Gasteiger partial charge in [-0.3, -0.25) is 10.0 Å². The van der Waals surface area contributed by atoms with Crippen molar-refractivity contribution in [2.45, 2.75) is 6.04 Å². The molecule has 0 radical (unpaired) electrons. The van der Waals surface area contributed by atoms with Gasteiger partial charge in [-0.15, -0.1) is 0 Å². The molecule has 5 heteroatoms. The summed E-state index contributed by atoms with van der Waals surface area (Å²) in [5.74, 6) is -0.660. The van der Waals surface area contributed by atoms with Crippen molar-refractivity contribution in [1.29, 1.82) is 0 Å². The van der Waals surface area contributed by atoms with Crippen molar-refractivity contribution < 1.29 is 10.0 Å². The van der Waals surface area contributed by atoms with Gasteiger partial charge < -0.3 is 11.5 Å². The van der Waals surface area contributed by atoms with E-state index in [1.54, 1.807) is 0 Å². The highest BCUT2D eigenvalue weighted by atomic mass is 16.5. The van der Waals surface area contributed by atoms with E-state index in [0.29, 0.717) is 0 Å². The minimum atomic E-state index is -0.806. The molecule has 0 saturated heterocycles. The van der Waals surface area contributed by atoms with Crippen molar-refractivity contribution in [3.63, 3.8) is 0 Å². The second-order valence-corrected chi connectivity index (χ2v) is 1.32. The lowest BCUT2D eigenvalue weighted by molar-refractivity contribution is -0.130. The second-order valence-electron chi connectivity index (χ2n) is 1.32. The molecule has 0 aliphatic rings. The Balaban J connectivity index is 3.46. The van der Waals surface area contributed by atoms with Gasteiger partial charge in [-0.05, 0) is 0 Å². The first-order valence-electron chi connectivity index (χ1n) is 2.12. The maximum absolute atomic E-state index is 10.2. The van der Waals surface area contributed by atoms with Crippen molar-refractivity contribution in [2.24, 2.45) is 11.5 Å². The van der Waals surface area contributed by atoms with Gasteiger partial charge in [-0.1, -0.05) is 0 Å². The van der Waals surface area contributed by atoms with Crippen molar-refractivity contribution in [1.82, 2.24) is 5.48 Å². The third-order valence-electron chi connectivity index (χ3n) is 0.701. The average Bonchev–Trinajstić information content (AvgIpc) is 1.84. The third kappa shape index (κ3) is 1.87. The van der Waals surface area contributed by atoms with Gasteiger partial charge in [-0.2, -0.15) is 0 Å². The van der Waals surface area contributed by atoms with Crippen LogP contribution in [0.25, 0.3) is 0 Å². The summed E-state index contributed by atoms with van der Waals surface area (Å²) >= 11 is 0. The largest absolute Gasteiger partial charge is 0.328 e. The third-order valence-corrected chi connectivity index (χ3v) is 0.701. The molecule has 0 aromatic carbocycles. The average molecular weight is 119 g/mol. The summed E-state index contributed by atoms with van der Waals surface area (Å²) in [6.07, 6.45) is 0. The highest BCUT2D eigenvalue weighted by molar-refractivity contribution is 5.80. The van der Waals surface area contributed by atoms with E-state index in [9.17, 15) is 4.79 Å². The van der Waals surface area contributed by atoms with E-state index >= 15 is 0 Å². The van der Waals surface area contributed by atoms with Crippen molar-refractivity contribution in [3.8, 4) is 0 Å². The van der Waals surface area contributed by atoms with E-state index in [0.717, 1.165) is 0 Å². The predicted molar refractivity (Wildman–Crippen MR) is 27.0 cm³/mol. The zero-order chi connectivity index (χ0) is 6.57. The number of hydrogen-bond acceptors (Lipinski definition) is 4. The number of hydrogen-bond donors (Lipinski definition) is 4. The van der Waals surface area contributed by atoms with Crippen LogP contribution in [-0.2, 0) is 4.79 Å². The molecule has 48 valence electrons. The Morgan fingerprint density at radius 3 is 2.50 bits per heavy atom. The molecule has 0 bridgehead atoms. The lowest BCUT2D eigenvalue weighted by Gasteiger charge is -2.02. The van der Waals surface area contributed by atoms with Gasteiger partial charge in [0.1, 0.15) is 0 Å². The summed E-state index contributed by atoms with van der Waals surface area (Å²) in [4.78, 5) is 10.2. The number of carbonyl (C=O) groups is 1. The fraction of sp³-hybridized carbons (Fsp3) is 0.667. The normalized spacial score (nSPS) is 12.9. The van der Waals surface area contributed by atoms with Crippen LogP contribution < -0.4 is 16.9 Å². The molecule has 8 heavy (non-hydrogen) atoms. The second kappa shape index (κ2) is 3.36. The smallest absolute Gasteiger partial charge is 0.261 e. The number of rotatable bonds is 2. The highest BCUT2D eigenvalue weighted by Gasteiger charge is 2.07. The van der Waals surface area contributed by atoms with E-state index in [4.69, 9.17) is 16.7 Å². The molecule has 0 spiro atoms. The van der Waals surface area contributed by atoms with E-state index in [2.05, 4.69) is 0 Å². The SMILES string of the molecule is NCC(N)C(=O)NO. The quantitative estimate of drug-likeness (QED) is 0.244. The number of hydroxylamine groups is 1. The fourth-order valence-electron chi connectivity index (χ4n) is 0.190. The van der Waals surface area contributed by atoms with E-state index < -0.39 is 11.9 Å². The Labute approximate surface area is 46.6 Å². The Bertz CT molecular complexity index is 84.6. The monoisotopic (exact) mass is 119 g/mol. The topological polar surface area (TPSA) is 101 Å². The molecule has 0 heterocycles. The molecule has 0 fully saturated rings. The Morgan fingerprint density at radius 1 is 1.88 bits per heavy atom. The van der Waals surface area contributed by atoms with Crippen molar-refractivity contribution in [3.05, 3.63) is 0 Å². The van der Waals surface area contributed by atoms with Crippen molar-refractivity contribution >= 4 is 5.91 Å². The summed E-state index contributed by atoms with van der Waals surface area (Å²) in [6, 6.07) is -0.806. The Kier molecular flexibility index (Phi) is 3.09. The number of amides is 1. The molecule has 6 N–H and O–H groups in total. The minimum absolute atomic E-state index is 0.0341. The number of nitrogens with one attached hydrogen (secondary N) is 1. The first kappa shape index (κ1) is 7.35. The predicted octanol–water partition coefficient (Wildman–Crippen LogP) is -2.22. The summed E-state index contributed by atoms with van der Waals surface area (Å²) in [5, 5.41) is 7.90. The molecular formula is C3H9N3O2. The maximum atomic E-state index is 10.2. The summed E-state index contributed by atoms with van der Waals surface area (Å²) < 4.78 is 0. The number of nitrogens with two attached hydrogens (primary N) is 2. The van der Waals surface area contributed by atoms with Crippen molar-refractivity contribution in [2.75, 3.05) is 6.54 Å². The van der Waals surface area contributed by atoms with E-state index in [1.807, 2.05) is 0 Å². The van der Waals surface area contributed by atoms with Crippen LogP contribution in [0.15, 0.2) is 0 Å². The van der Waals surface area contributed by atoms with E-state index in [-0.39, 0.29) is 6.54 Å². The van der Waals surface area contributed by atoms with Gasteiger partial charge in [0, 0.05) is 6.54 Å². The molecule has 0 aromatic rings. The van der Waals surface area contributed by atoms with Gasteiger partial charge in [0.05, 0.1) is 6.04 Å². The van der Waals surface area contributed by atoms with Crippen LogP contribution in [0.2, 0.25) is 0 Å². The molecule has 0 aliphatic heterocycles. The van der Waals surface area contributed by atoms with Crippen LogP contribution in [0.3, 0.4) is 0 Å². The Hall–Kier alpha value is -0.650. The van der Waals surface area contributed by atoms with Crippen LogP contribution in [0.1, 0.15) is 0 Å². The van der Waals surface area contributed by atoms with Gasteiger partial charge >= 0.3 is 0 Å². The fourth-order valence-corrected chi connectivity index (χ4v) is 0.190. The van der Waals surface area contributed by atoms with Crippen LogP contribution in [0.5, 0.6) is 0 Å². The van der Waals surface area contributed by atoms with E-state index in [1.165, 1.54) is 5.48 Å². The van der Waals surface area contributed by atoms with Crippen LogP contribution in [0, 0.1) is 0 Å². The summed E-state index contributed by atoms with van der Waals surface area (Å²) in [7, 11) is 0. The van der Waals surface area contributed by atoms with Gasteiger partial charge in [0.15, 0.2) is 0 Å². The molecule has 5 nitrogen and oxygen atoms in total. The zero-order valence-corrected chi connectivity index (χ0v) is 4.29. The molecule has 0 aromatic heterocycles. The van der Waals surface area contributed by atoms with Crippen LogP contribution >= 0.6 is 0 Å². The molecule has 1 amide bonds.